The molecule has 2 fully saturated rings. The first-order valence-electron chi connectivity index (χ1n) is 7.97. The zero-order chi connectivity index (χ0) is 17.1. The van der Waals surface area contributed by atoms with E-state index in [0.717, 1.165) is 12.8 Å². The second-order valence-electron chi connectivity index (χ2n) is 6.99. The van der Waals surface area contributed by atoms with Gasteiger partial charge < -0.3 is 15.1 Å². The van der Waals surface area contributed by atoms with E-state index in [1.54, 1.807) is 6.92 Å². The number of hydrogen-bond acceptors (Lipinski definition) is 5. The number of carbonyl (C=O) groups is 1. The second-order valence-corrected chi connectivity index (χ2v) is 6.99. The van der Waals surface area contributed by atoms with Crippen molar-refractivity contribution in [2.75, 3.05) is 11.9 Å². The zero-order valence-electron chi connectivity index (χ0n) is 13.4. The van der Waals surface area contributed by atoms with Crippen LogP contribution in [-0.4, -0.2) is 33.9 Å². The molecule has 0 radical (unpaired) electrons. The number of anilines is 1. The van der Waals surface area contributed by atoms with Gasteiger partial charge in [-0.2, -0.15) is 0 Å². The maximum atomic E-state index is 13.0. The van der Waals surface area contributed by atoms with E-state index in [-0.39, 0.29) is 18.5 Å². The topological polar surface area (TPSA) is 80.1 Å². The first kappa shape index (κ1) is 15.3. The number of halogens is 2. The highest BCUT2D eigenvalue weighted by Crippen LogP contribution is 2.48. The van der Waals surface area contributed by atoms with Gasteiger partial charge in [0.05, 0.1) is 10.9 Å². The molecule has 0 aliphatic heterocycles. The van der Waals surface area contributed by atoms with Gasteiger partial charge in [-0.15, -0.1) is 0 Å². The lowest BCUT2D eigenvalue weighted by Gasteiger charge is -2.13. The molecule has 0 aromatic carbocycles. The van der Waals surface area contributed by atoms with E-state index in [0.29, 0.717) is 28.2 Å². The average Bonchev–Trinajstić information content (AvgIpc) is 3.33. The Hall–Kier alpha value is -2.25. The van der Waals surface area contributed by atoms with Gasteiger partial charge in [0, 0.05) is 24.4 Å². The van der Waals surface area contributed by atoms with Crippen LogP contribution < -0.4 is 10.6 Å². The molecule has 24 heavy (non-hydrogen) atoms. The van der Waals surface area contributed by atoms with Crippen LogP contribution in [0.2, 0.25) is 0 Å². The Balaban J connectivity index is 1.63. The first-order chi connectivity index (χ1) is 11.3. The molecule has 8 heteroatoms. The van der Waals surface area contributed by atoms with Crippen molar-refractivity contribution in [2.24, 2.45) is 5.92 Å². The van der Waals surface area contributed by atoms with Crippen LogP contribution in [0, 0.1) is 12.8 Å². The minimum atomic E-state index is -2.66. The molecule has 2 aliphatic rings. The summed E-state index contributed by atoms with van der Waals surface area (Å²) in [4.78, 5) is 20.8. The third-order valence-electron chi connectivity index (χ3n) is 4.78. The minimum Gasteiger partial charge on any atom is -0.442 e. The van der Waals surface area contributed by atoms with Crippen LogP contribution in [0.3, 0.4) is 0 Å². The third-order valence-corrected chi connectivity index (χ3v) is 4.78. The van der Waals surface area contributed by atoms with Gasteiger partial charge in [-0.25, -0.2) is 18.7 Å². The SMILES string of the molecule is Cc1oc2ncnc(NC3(C)CC3)c2c1C(=O)NCC1CC1(F)F. The van der Waals surface area contributed by atoms with E-state index in [9.17, 15) is 13.6 Å². The van der Waals surface area contributed by atoms with Crippen molar-refractivity contribution in [1.29, 1.82) is 0 Å². The summed E-state index contributed by atoms with van der Waals surface area (Å²) in [6, 6.07) is 0. The number of alkyl halides is 2. The monoisotopic (exact) mass is 336 g/mol. The van der Waals surface area contributed by atoms with Crippen molar-refractivity contribution in [2.45, 2.75) is 44.6 Å². The lowest BCUT2D eigenvalue weighted by molar-refractivity contribution is 0.0895. The summed E-state index contributed by atoms with van der Waals surface area (Å²) in [5.41, 5.74) is 0.591. The normalized spacial score (nSPS) is 23.1. The van der Waals surface area contributed by atoms with Crippen molar-refractivity contribution < 1.29 is 18.0 Å². The summed E-state index contributed by atoms with van der Waals surface area (Å²) in [5.74, 6) is -2.93. The van der Waals surface area contributed by atoms with E-state index < -0.39 is 17.7 Å². The molecule has 6 nitrogen and oxygen atoms in total. The van der Waals surface area contributed by atoms with E-state index in [1.165, 1.54) is 6.33 Å². The number of hydrogen-bond donors (Lipinski definition) is 2. The molecule has 128 valence electrons. The first-order valence-corrected chi connectivity index (χ1v) is 7.97. The molecule has 2 saturated carbocycles. The summed E-state index contributed by atoms with van der Waals surface area (Å²) in [7, 11) is 0. The van der Waals surface area contributed by atoms with E-state index >= 15 is 0 Å². The van der Waals surface area contributed by atoms with Crippen LogP contribution in [-0.2, 0) is 0 Å². The van der Waals surface area contributed by atoms with E-state index in [4.69, 9.17) is 4.42 Å². The van der Waals surface area contributed by atoms with Crippen molar-refractivity contribution in [1.82, 2.24) is 15.3 Å². The van der Waals surface area contributed by atoms with Gasteiger partial charge >= 0.3 is 0 Å². The van der Waals surface area contributed by atoms with Crippen LogP contribution in [0.1, 0.15) is 42.3 Å². The smallest absolute Gasteiger partial charge is 0.255 e. The van der Waals surface area contributed by atoms with E-state index in [1.807, 2.05) is 0 Å². The number of furan rings is 1. The van der Waals surface area contributed by atoms with Crippen LogP contribution in [0.5, 0.6) is 0 Å². The summed E-state index contributed by atoms with van der Waals surface area (Å²) in [6.07, 6.45) is 3.25. The van der Waals surface area contributed by atoms with Crippen molar-refractivity contribution in [3.8, 4) is 0 Å². The van der Waals surface area contributed by atoms with Crippen LogP contribution in [0.4, 0.5) is 14.6 Å². The minimum absolute atomic E-state index is 0.0315. The van der Waals surface area contributed by atoms with Gasteiger partial charge in [0.1, 0.15) is 17.9 Å². The second kappa shape index (κ2) is 4.87. The van der Waals surface area contributed by atoms with Gasteiger partial charge in [0.15, 0.2) is 0 Å². The number of nitrogens with zero attached hydrogens (tertiary/aromatic N) is 2. The molecule has 2 N–H and O–H groups in total. The number of fused-ring (bicyclic) bond motifs is 1. The van der Waals surface area contributed by atoms with E-state index in [2.05, 4.69) is 27.5 Å². The van der Waals surface area contributed by atoms with Crippen LogP contribution >= 0.6 is 0 Å². The molecule has 2 aliphatic carbocycles. The number of rotatable bonds is 5. The quantitative estimate of drug-likeness (QED) is 0.877. The van der Waals surface area contributed by atoms with Gasteiger partial charge in [-0.05, 0) is 26.7 Å². The molecule has 0 spiro atoms. The summed E-state index contributed by atoms with van der Waals surface area (Å²) in [6.45, 7) is 3.68. The number of aromatic nitrogens is 2. The molecule has 2 aromatic rings. The van der Waals surface area contributed by atoms with Gasteiger partial charge in [0.2, 0.25) is 5.71 Å². The van der Waals surface area contributed by atoms with Gasteiger partial charge in [-0.3, -0.25) is 4.79 Å². The maximum Gasteiger partial charge on any atom is 0.255 e. The molecule has 2 heterocycles. The maximum absolute atomic E-state index is 13.0. The van der Waals surface area contributed by atoms with Crippen molar-refractivity contribution in [3.05, 3.63) is 17.7 Å². The highest BCUT2D eigenvalue weighted by Gasteiger charge is 2.56. The lowest BCUT2D eigenvalue weighted by Crippen LogP contribution is -2.27. The fourth-order valence-electron chi connectivity index (χ4n) is 2.81. The Morgan fingerprint density at radius 3 is 2.75 bits per heavy atom. The highest BCUT2D eigenvalue weighted by molar-refractivity contribution is 6.10. The molecule has 0 bridgehead atoms. The van der Waals surface area contributed by atoms with Crippen LogP contribution in [0.15, 0.2) is 10.7 Å². The molecule has 0 saturated heterocycles. The Morgan fingerprint density at radius 2 is 2.12 bits per heavy atom. The summed E-state index contributed by atoms with van der Waals surface area (Å²) >= 11 is 0. The predicted octanol–water partition coefficient (Wildman–Crippen LogP) is 2.88. The summed E-state index contributed by atoms with van der Waals surface area (Å²) < 4.78 is 31.5. The third kappa shape index (κ3) is 2.59. The lowest BCUT2D eigenvalue weighted by atomic mass is 10.1. The number of carbonyl (C=O) groups excluding carboxylic acids is 1. The average molecular weight is 336 g/mol. The Labute approximate surface area is 137 Å². The number of nitrogens with one attached hydrogen (secondary N) is 2. The van der Waals surface area contributed by atoms with Crippen LogP contribution in [0.25, 0.3) is 11.1 Å². The zero-order valence-corrected chi connectivity index (χ0v) is 13.4. The Morgan fingerprint density at radius 1 is 1.42 bits per heavy atom. The van der Waals surface area contributed by atoms with Crippen molar-refractivity contribution >= 4 is 22.8 Å². The highest BCUT2D eigenvalue weighted by atomic mass is 19.3. The number of aryl methyl sites for hydroxylation is 1. The molecule has 2 aromatic heterocycles. The molecule has 1 unspecified atom stereocenters. The Bertz CT molecular complexity index is 829. The van der Waals surface area contributed by atoms with Gasteiger partial charge in [-0.1, -0.05) is 0 Å². The van der Waals surface area contributed by atoms with Crippen molar-refractivity contribution in [3.63, 3.8) is 0 Å². The summed E-state index contributed by atoms with van der Waals surface area (Å²) in [5, 5.41) is 6.40. The largest absolute Gasteiger partial charge is 0.442 e. The molecule has 4 rings (SSSR count). The molecular weight excluding hydrogens is 318 g/mol. The molecular formula is C16H18F2N4O2. The fraction of sp³-hybridized carbons (Fsp3) is 0.562. The predicted molar refractivity (Wildman–Crippen MR) is 83.2 cm³/mol. The Kier molecular flexibility index (Phi) is 3.10. The number of amides is 1. The molecule has 1 amide bonds. The van der Waals surface area contributed by atoms with Gasteiger partial charge in [0.25, 0.3) is 11.8 Å². The fourth-order valence-corrected chi connectivity index (χ4v) is 2.81. The standard InChI is InChI=1S/C16H18F2N4O2/c1-8-10(13(23)19-6-9-5-16(9,17)18)11-12(22-15(2)3-4-15)20-7-21-14(11)24-8/h7,9H,3-6H2,1-2H3,(H,19,23)(H,20,21,22). The molecule has 1 atom stereocenters.